The van der Waals surface area contributed by atoms with Crippen molar-refractivity contribution in [1.29, 1.82) is 0 Å². The summed E-state index contributed by atoms with van der Waals surface area (Å²) >= 11 is 5.92. The maximum absolute atomic E-state index is 10.9. The SMILES string of the molecule is CC(C)c1cc(-c2ccc(Cl)cc2)nn2cc(C=O)nc12.CN1CCN(C)C(C)(C)C1.O=CC1CCC1.O=CO. The van der Waals surface area contributed by atoms with Gasteiger partial charge in [-0.15, -0.1) is 0 Å². The molecule has 1 aliphatic carbocycles. The minimum Gasteiger partial charge on any atom is -0.483 e. The van der Waals surface area contributed by atoms with Crippen LogP contribution in [-0.4, -0.2) is 87.8 Å². The average Bonchev–Trinajstić information content (AvgIpc) is 3.30. The van der Waals surface area contributed by atoms with Crippen LogP contribution in [0.15, 0.2) is 36.5 Å². The number of carbonyl (C=O) groups excluding carboxylic acids is 2. The Morgan fingerprint density at radius 3 is 2.12 bits per heavy atom. The molecule has 0 unspecified atom stereocenters. The Labute approximate surface area is 242 Å². The number of benzene rings is 1. The molecule has 3 aromatic rings. The molecule has 2 aliphatic rings. The Bertz CT molecular complexity index is 1240. The number of halogens is 1. The highest BCUT2D eigenvalue weighted by Crippen LogP contribution is 2.26. The lowest BCUT2D eigenvalue weighted by atomic mass is 9.87. The molecule has 0 atom stereocenters. The summed E-state index contributed by atoms with van der Waals surface area (Å²) in [6.45, 7) is 12.1. The second-order valence-electron chi connectivity index (χ2n) is 11.1. The first-order valence-electron chi connectivity index (χ1n) is 13.5. The van der Waals surface area contributed by atoms with Crippen molar-refractivity contribution in [1.82, 2.24) is 24.4 Å². The van der Waals surface area contributed by atoms with Crippen molar-refractivity contribution in [3.05, 3.63) is 52.8 Å². The molecular formula is C30H42ClN5O4. The monoisotopic (exact) mass is 571 g/mol. The molecule has 2 aromatic heterocycles. The van der Waals surface area contributed by atoms with Gasteiger partial charge >= 0.3 is 0 Å². The van der Waals surface area contributed by atoms with E-state index in [1.165, 1.54) is 26.1 Å². The predicted octanol–water partition coefficient (Wildman–Crippen LogP) is 5.31. The Hall–Kier alpha value is -3.14. The standard InChI is InChI=1S/C16H14ClN3O.C8H18N2.C5H8O.CH2O2/c1-10(2)14-7-15(11-3-5-12(17)6-4-11)19-20-8-13(9-21)18-16(14)20;1-8(2)7-9(3)5-6-10(8)4;6-4-5-2-1-3-5;2-1-3/h3-10H,1-2H3;5-7H2,1-4H3;4-5H,1-3H2;1H,(H,2,3). The van der Waals surface area contributed by atoms with Gasteiger partial charge in [0.2, 0.25) is 0 Å². The number of fused-ring (bicyclic) bond motifs is 1. The Morgan fingerprint density at radius 2 is 1.70 bits per heavy atom. The Morgan fingerprint density at radius 1 is 1.07 bits per heavy atom. The number of rotatable bonds is 4. The first kappa shape index (κ1) is 33.1. The highest BCUT2D eigenvalue weighted by Gasteiger charge is 2.28. The van der Waals surface area contributed by atoms with Crippen molar-refractivity contribution in [3.8, 4) is 11.3 Å². The van der Waals surface area contributed by atoms with Gasteiger partial charge in [0, 0.05) is 47.2 Å². The maximum atomic E-state index is 10.9. The first-order chi connectivity index (χ1) is 18.9. The highest BCUT2D eigenvalue weighted by atomic mass is 35.5. The van der Waals surface area contributed by atoms with E-state index in [1.54, 1.807) is 10.7 Å². The molecule has 1 N–H and O–H groups in total. The molecule has 10 heteroatoms. The molecule has 2 fully saturated rings. The van der Waals surface area contributed by atoms with Crippen LogP contribution >= 0.6 is 11.6 Å². The summed E-state index contributed by atoms with van der Waals surface area (Å²) in [5.74, 6) is 0.716. The average molecular weight is 572 g/mol. The number of carboxylic acid groups (broad SMARTS) is 1. The molecule has 9 nitrogen and oxygen atoms in total. The van der Waals surface area contributed by atoms with E-state index in [2.05, 4.69) is 61.7 Å². The summed E-state index contributed by atoms with van der Waals surface area (Å²) in [6.07, 6.45) is 6.99. The van der Waals surface area contributed by atoms with Gasteiger partial charge in [0.15, 0.2) is 11.9 Å². The number of likely N-dealkylation sites (N-methyl/N-ethyl adjacent to an activating group) is 2. The molecule has 1 saturated heterocycles. The molecule has 3 heterocycles. The zero-order valence-electron chi connectivity index (χ0n) is 24.4. The molecule has 0 bridgehead atoms. The number of imidazole rings is 1. The number of piperazine rings is 1. The van der Waals surface area contributed by atoms with Crippen molar-refractivity contribution in [3.63, 3.8) is 0 Å². The lowest BCUT2D eigenvalue weighted by Crippen LogP contribution is -2.56. The van der Waals surface area contributed by atoms with Crippen molar-refractivity contribution in [2.45, 2.75) is 58.4 Å². The minimum atomic E-state index is -0.250. The number of hydrogen-bond acceptors (Lipinski definition) is 7. The third-order valence-corrected chi connectivity index (χ3v) is 7.46. The molecule has 218 valence electrons. The van der Waals surface area contributed by atoms with Crippen LogP contribution in [-0.2, 0) is 9.59 Å². The largest absolute Gasteiger partial charge is 0.483 e. The molecule has 0 spiro atoms. The Balaban J connectivity index is 0.000000242. The molecule has 1 aliphatic heterocycles. The van der Waals surface area contributed by atoms with Crippen LogP contribution < -0.4 is 0 Å². The highest BCUT2D eigenvalue weighted by molar-refractivity contribution is 6.30. The van der Waals surface area contributed by atoms with Crippen LogP contribution in [0.4, 0.5) is 0 Å². The first-order valence-corrected chi connectivity index (χ1v) is 13.9. The Kier molecular flexibility index (Phi) is 12.9. The van der Waals surface area contributed by atoms with Crippen molar-refractivity contribution < 1.29 is 19.5 Å². The third-order valence-electron chi connectivity index (χ3n) is 7.20. The molecule has 0 amide bonds. The van der Waals surface area contributed by atoms with Gasteiger partial charge < -0.3 is 14.8 Å². The predicted molar refractivity (Wildman–Crippen MR) is 159 cm³/mol. The van der Waals surface area contributed by atoms with E-state index in [4.69, 9.17) is 21.5 Å². The topological polar surface area (TPSA) is 108 Å². The molecule has 0 radical (unpaired) electrons. The van der Waals surface area contributed by atoms with Gasteiger partial charge in [-0.3, -0.25) is 14.5 Å². The lowest BCUT2D eigenvalue weighted by Gasteiger charge is -2.44. The van der Waals surface area contributed by atoms with Crippen LogP contribution in [0.3, 0.4) is 0 Å². The van der Waals surface area contributed by atoms with E-state index in [9.17, 15) is 9.59 Å². The smallest absolute Gasteiger partial charge is 0.290 e. The quantitative estimate of drug-likeness (QED) is 0.419. The van der Waals surface area contributed by atoms with Gasteiger partial charge in [0.25, 0.3) is 6.47 Å². The number of aromatic nitrogens is 3. The van der Waals surface area contributed by atoms with E-state index in [-0.39, 0.29) is 12.4 Å². The van der Waals surface area contributed by atoms with Gasteiger partial charge in [-0.25, -0.2) is 9.50 Å². The minimum absolute atomic E-state index is 0.250. The van der Waals surface area contributed by atoms with Gasteiger partial charge in [-0.1, -0.05) is 44.0 Å². The zero-order valence-corrected chi connectivity index (χ0v) is 25.1. The summed E-state index contributed by atoms with van der Waals surface area (Å²) in [7, 11) is 4.39. The van der Waals surface area contributed by atoms with Crippen LogP contribution in [0, 0.1) is 5.92 Å². The van der Waals surface area contributed by atoms with Crippen LogP contribution in [0.25, 0.3) is 16.9 Å². The van der Waals surface area contributed by atoms with Gasteiger partial charge in [0.05, 0.1) is 11.9 Å². The summed E-state index contributed by atoms with van der Waals surface area (Å²) in [5.41, 5.74) is 4.35. The molecule has 1 aromatic carbocycles. The molecular weight excluding hydrogens is 530 g/mol. The number of carbonyl (C=O) groups is 3. The summed E-state index contributed by atoms with van der Waals surface area (Å²) in [4.78, 5) is 38.2. The normalized spacial score (nSPS) is 16.8. The fourth-order valence-electron chi connectivity index (χ4n) is 4.32. The van der Waals surface area contributed by atoms with E-state index >= 15 is 0 Å². The molecule has 1 saturated carbocycles. The van der Waals surface area contributed by atoms with Crippen molar-refractivity contribution in [2.75, 3.05) is 33.7 Å². The summed E-state index contributed by atoms with van der Waals surface area (Å²) in [6, 6.07) is 9.55. The van der Waals surface area contributed by atoms with Crippen LogP contribution in [0.1, 0.15) is 68.9 Å². The molecule has 5 rings (SSSR count). The van der Waals surface area contributed by atoms with Gasteiger partial charge in [-0.05, 0) is 64.9 Å². The second-order valence-corrected chi connectivity index (χ2v) is 11.5. The van der Waals surface area contributed by atoms with Crippen LogP contribution in [0.5, 0.6) is 0 Å². The second kappa shape index (κ2) is 15.6. The fourth-order valence-corrected chi connectivity index (χ4v) is 4.45. The zero-order chi connectivity index (χ0) is 29.9. The van der Waals surface area contributed by atoms with Gasteiger partial charge in [0.1, 0.15) is 12.0 Å². The van der Waals surface area contributed by atoms with E-state index in [1.807, 2.05) is 30.3 Å². The summed E-state index contributed by atoms with van der Waals surface area (Å²) in [5, 5.41) is 12.1. The van der Waals surface area contributed by atoms with Crippen molar-refractivity contribution in [2.24, 2.45) is 5.92 Å². The lowest BCUT2D eigenvalue weighted by molar-refractivity contribution is -0.122. The van der Waals surface area contributed by atoms with E-state index in [0.29, 0.717) is 22.2 Å². The molecule has 40 heavy (non-hydrogen) atoms. The number of hydrogen-bond donors (Lipinski definition) is 1. The van der Waals surface area contributed by atoms with Gasteiger partial charge in [-0.2, -0.15) is 5.10 Å². The van der Waals surface area contributed by atoms with Crippen molar-refractivity contribution >= 4 is 36.3 Å². The number of aldehydes is 2. The summed E-state index contributed by atoms with van der Waals surface area (Å²) < 4.78 is 1.67. The maximum Gasteiger partial charge on any atom is 0.290 e. The van der Waals surface area contributed by atoms with E-state index < -0.39 is 0 Å². The van der Waals surface area contributed by atoms with Crippen LogP contribution in [0.2, 0.25) is 5.02 Å². The third kappa shape index (κ3) is 9.50. The van der Waals surface area contributed by atoms with E-state index in [0.717, 1.165) is 47.9 Å². The fraction of sp³-hybridized carbons (Fsp3) is 0.500. The number of nitrogens with zero attached hydrogens (tertiary/aromatic N) is 5.